The molecule has 4 N–H and O–H groups in total. The van der Waals surface area contributed by atoms with Crippen molar-refractivity contribution in [3.63, 3.8) is 0 Å². The second-order valence-corrected chi connectivity index (χ2v) is 14.1. The molecule has 0 aliphatic rings. The van der Waals surface area contributed by atoms with Gasteiger partial charge >= 0.3 is 11.9 Å². The summed E-state index contributed by atoms with van der Waals surface area (Å²) in [5, 5.41) is 11.9. The van der Waals surface area contributed by atoms with E-state index in [0.717, 1.165) is 77.0 Å². The molecule has 0 spiro atoms. The lowest BCUT2D eigenvalue weighted by atomic mass is 10.0. The van der Waals surface area contributed by atoms with E-state index in [2.05, 4.69) is 43.5 Å². The van der Waals surface area contributed by atoms with Gasteiger partial charge in [0, 0.05) is 12.8 Å². The topological polar surface area (TPSA) is 119 Å². The van der Waals surface area contributed by atoms with Gasteiger partial charge < -0.3 is 20.9 Å². The Balaban J connectivity index is 4.20. The van der Waals surface area contributed by atoms with Crippen LogP contribution in [0.4, 0.5) is 0 Å². The molecule has 0 aliphatic carbocycles. The predicted molar refractivity (Wildman–Crippen MR) is 207 cm³/mol. The first kappa shape index (κ1) is 46.9. The van der Waals surface area contributed by atoms with Gasteiger partial charge in [-0.05, 0) is 90.0 Å². The number of nitrogens with one attached hydrogen (secondary N) is 1. The van der Waals surface area contributed by atoms with E-state index < -0.39 is 12.0 Å². The van der Waals surface area contributed by atoms with Crippen LogP contribution in [0, 0.1) is 0 Å². The van der Waals surface area contributed by atoms with Crippen LogP contribution in [0.5, 0.6) is 0 Å². The number of aliphatic carboxylic acids is 1. The van der Waals surface area contributed by atoms with E-state index in [1.807, 2.05) is 0 Å². The molecule has 49 heavy (non-hydrogen) atoms. The molecule has 286 valence electrons. The van der Waals surface area contributed by atoms with Crippen LogP contribution >= 0.6 is 0 Å². The van der Waals surface area contributed by atoms with Gasteiger partial charge in [-0.3, -0.25) is 9.59 Å². The van der Waals surface area contributed by atoms with Crippen molar-refractivity contribution in [1.82, 2.24) is 5.32 Å². The number of unbranched alkanes of at least 4 members (excludes halogenated alkanes) is 19. The molecule has 0 radical (unpaired) electrons. The third-order valence-electron chi connectivity index (χ3n) is 9.27. The summed E-state index contributed by atoms with van der Waals surface area (Å²) in [4.78, 5) is 36.2. The SMILES string of the molecule is CCCCCC/C=C\C/C=C\CCCCCCCC(=O)OC(CCCCCCCCC)CCCCCCCC(=O)NC(CCCN)C(=O)O. The van der Waals surface area contributed by atoms with Crippen molar-refractivity contribution < 1.29 is 24.2 Å². The number of hydrogen-bond acceptors (Lipinski definition) is 5. The molecular formula is C42H78N2O5. The van der Waals surface area contributed by atoms with Crippen LogP contribution in [0.2, 0.25) is 0 Å². The number of esters is 1. The van der Waals surface area contributed by atoms with Gasteiger partial charge in [0.2, 0.25) is 5.91 Å². The lowest BCUT2D eigenvalue weighted by Crippen LogP contribution is -2.40. The van der Waals surface area contributed by atoms with Gasteiger partial charge in [-0.25, -0.2) is 4.79 Å². The first-order valence-corrected chi connectivity index (χ1v) is 20.7. The lowest BCUT2D eigenvalue weighted by molar-refractivity contribution is -0.150. The third-order valence-corrected chi connectivity index (χ3v) is 9.27. The number of allylic oxidation sites excluding steroid dienone is 4. The molecule has 0 bridgehead atoms. The Morgan fingerprint density at radius 3 is 1.59 bits per heavy atom. The summed E-state index contributed by atoms with van der Waals surface area (Å²) >= 11 is 0. The number of amides is 1. The van der Waals surface area contributed by atoms with Crippen molar-refractivity contribution in [3.05, 3.63) is 24.3 Å². The Kier molecular flexibility index (Phi) is 35.5. The molecule has 0 aromatic carbocycles. The van der Waals surface area contributed by atoms with Crippen molar-refractivity contribution in [2.24, 2.45) is 5.73 Å². The van der Waals surface area contributed by atoms with Crippen LogP contribution < -0.4 is 11.1 Å². The van der Waals surface area contributed by atoms with Gasteiger partial charge in [0.05, 0.1) is 0 Å². The molecule has 0 saturated carbocycles. The summed E-state index contributed by atoms with van der Waals surface area (Å²) in [5.41, 5.74) is 5.47. The average Bonchev–Trinajstić information content (AvgIpc) is 3.08. The number of nitrogens with two attached hydrogens (primary N) is 1. The molecule has 0 aliphatic heterocycles. The first-order chi connectivity index (χ1) is 23.9. The zero-order chi connectivity index (χ0) is 36.0. The number of rotatable bonds is 37. The highest BCUT2D eigenvalue weighted by Crippen LogP contribution is 2.19. The van der Waals surface area contributed by atoms with E-state index in [1.54, 1.807) is 0 Å². The smallest absolute Gasteiger partial charge is 0.326 e. The van der Waals surface area contributed by atoms with Gasteiger partial charge in [0.15, 0.2) is 0 Å². The molecule has 0 aromatic rings. The van der Waals surface area contributed by atoms with Gasteiger partial charge in [-0.2, -0.15) is 0 Å². The van der Waals surface area contributed by atoms with Crippen molar-refractivity contribution >= 4 is 17.8 Å². The fourth-order valence-electron chi connectivity index (χ4n) is 6.13. The maximum Gasteiger partial charge on any atom is 0.326 e. The number of carboxylic acid groups (broad SMARTS) is 1. The summed E-state index contributed by atoms with van der Waals surface area (Å²) in [7, 11) is 0. The second-order valence-electron chi connectivity index (χ2n) is 14.1. The minimum Gasteiger partial charge on any atom is -0.480 e. The summed E-state index contributed by atoms with van der Waals surface area (Å²) in [6.45, 7) is 4.91. The lowest BCUT2D eigenvalue weighted by Gasteiger charge is -2.18. The van der Waals surface area contributed by atoms with E-state index in [0.29, 0.717) is 32.2 Å². The fourth-order valence-corrected chi connectivity index (χ4v) is 6.13. The van der Waals surface area contributed by atoms with Gasteiger partial charge in [0.25, 0.3) is 0 Å². The van der Waals surface area contributed by atoms with E-state index in [9.17, 15) is 19.5 Å². The Morgan fingerprint density at radius 2 is 1.06 bits per heavy atom. The third kappa shape index (κ3) is 34.1. The van der Waals surface area contributed by atoms with Gasteiger partial charge in [-0.15, -0.1) is 0 Å². The van der Waals surface area contributed by atoms with Crippen LogP contribution in [-0.4, -0.2) is 41.6 Å². The summed E-state index contributed by atoms with van der Waals surface area (Å²) in [6, 6.07) is -0.855. The normalized spacial score (nSPS) is 12.9. The Morgan fingerprint density at radius 1 is 0.592 bits per heavy atom. The van der Waals surface area contributed by atoms with Crippen LogP contribution in [0.25, 0.3) is 0 Å². The highest BCUT2D eigenvalue weighted by molar-refractivity contribution is 5.83. The van der Waals surface area contributed by atoms with Crippen LogP contribution in [0.1, 0.15) is 206 Å². The molecule has 2 unspecified atom stereocenters. The fraction of sp³-hybridized carbons (Fsp3) is 0.833. The molecule has 0 rings (SSSR count). The van der Waals surface area contributed by atoms with E-state index in [-0.39, 0.29) is 18.0 Å². The standard InChI is InChI=1S/C42H78N2O5/c1-3-5-7-9-11-12-13-14-15-16-17-18-19-21-26-30-36-41(46)49-38(32-27-23-20-10-8-6-4-2)33-28-24-22-25-29-35-40(45)44-39(42(47)48)34-31-37-43/h12-13,15-16,38-39H,3-11,14,17-37,43H2,1-2H3,(H,44,45)(H,47,48)/b13-12-,16-15-. The molecule has 2 atom stereocenters. The average molecular weight is 691 g/mol. The van der Waals surface area contributed by atoms with E-state index in [1.165, 1.54) is 89.9 Å². The number of carbonyl (C=O) groups excluding carboxylic acids is 2. The van der Waals surface area contributed by atoms with Crippen molar-refractivity contribution in [2.45, 2.75) is 219 Å². The molecule has 1 amide bonds. The molecular weight excluding hydrogens is 612 g/mol. The second kappa shape index (κ2) is 37.1. The molecule has 0 heterocycles. The van der Waals surface area contributed by atoms with Crippen molar-refractivity contribution in [2.75, 3.05) is 6.54 Å². The Hall–Kier alpha value is -2.15. The minimum absolute atomic E-state index is 0.0121. The minimum atomic E-state index is -1.00. The quantitative estimate of drug-likeness (QED) is 0.0339. The maximum absolute atomic E-state index is 12.7. The maximum atomic E-state index is 12.7. The predicted octanol–water partition coefficient (Wildman–Crippen LogP) is 11.3. The highest BCUT2D eigenvalue weighted by Gasteiger charge is 2.19. The summed E-state index contributed by atoms with van der Waals surface area (Å²) in [5.74, 6) is -1.24. The van der Waals surface area contributed by atoms with Crippen LogP contribution in [0.15, 0.2) is 24.3 Å². The zero-order valence-corrected chi connectivity index (χ0v) is 32.0. The highest BCUT2D eigenvalue weighted by atomic mass is 16.5. The number of carboxylic acids is 1. The van der Waals surface area contributed by atoms with E-state index in [4.69, 9.17) is 10.5 Å². The van der Waals surface area contributed by atoms with Crippen molar-refractivity contribution in [3.8, 4) is 0 Å². The molecule has 0 aromatic heterocycles. The Labute approximate surface area is 302 Å². The van der Waals surface area contributed by atoms with Gasteiger partial charge in [0.1, 0.15) is 12.1 Å². The van der Waals surface area contributed by atoms with Crippen molar-refractivity contribution in [1.29, 1.82) is 0 Å². The Bertz CT molecular complexity index is 828. The molecule has 7 heteroatoms. The number of ether oxygens (including phenoxy) is 1. The zero-order valence-electron chi connectivity index (χ0n) is 32.0. The molecule has 7 nitrogen and oxygen atoms in total. The van der Waals surface area contributed by atoms with Crippen LogP contribution in [-0.2, 0) is 19.1 Å². The van der Waals surface area contributed by atoms with Crippen LogP contribution in [0.3, 0.4) is 0 Å². The monoisotopic (exact) mass is 691 g/mol. The van der Waals surface area contributed by atoms with Gasteiger partial charge in [-0.1, -0.05) is 134 Å². The first-order valence-electron chi connectivity index (χ1n) is 20.7. The largest absolute Gasteiger partial charge is 0.480 e. The summed E-state index contributed by atoms with van der Waals surface area (Å²) < 4.78 is 6.00. The number of hydrogen-bond donors (Lipinski definition) is 3. The number of carbonyl (C=O) groups is 3. The molecule has 0 saturated heterocycles. The van der Waals surface area contributed by atoms with E-state index >= 15 is 0 Å². The summed E-state index contributed by atoms with van der Waals surface area (Å²) in [6.07, 6.45) is 40.8. The molecule has 0 fully saturated rings.